The predicted octanol–water partition coefficient (Wildman–Crippen LogP) is 2.99. The van der Waals surface area contributed by atoms with Gasteiger partial charge in [-0.05, 0) is 42.5 Å². The number of rotatable bonds is 6. The first kappa shape index (κ1) is 18.4. The van der Waals surface area contributed by atoms with Crippen LogP contribution in [0.25, 0.3) is 0 Å². The summed E-state index contributed by atoms with van der Waals surface area (Å²) in [4.78, 5) is 24.1. The van der Waals surface area contributed by atoms with Gasteiger partial charge in [0.25, 0.3) is 11.8 Å². The molecule has 0 fully saturated rings. The van der Waals surface area contributed by atoms with Crippen LogP contribution in [-0.4, -0.2) is 25.5 Å². The fourth-order valence-corrected chi connectivity index (χ4v) is 2.06. The summed E-state index contributed by atoms with van der Waals surface area (Å²) in [7, 11) is 1.47. The van der Waals surface area contributed by atoms with Crippen LogP contribution in [0.3, 0.4) is 0 Å². The molecule has 0 aromatic heterocycles. The summed E-state index contributed by atoms with van der Waals surface area (Å²) in [5.41, 5.74) is 5.35. The average molecular weight is 361 g/mol. The van der Waals surface area contributed by atoms with Gasteiger partial charge in [0.15, 0.2) is 11.5 Å². The van der Waals surface area contributed by atoms with Gasteiger partial charge in [0.2, 0.25) is 0 Å². The number of hydrogen-bond donors (Lipinski definition) is 2. The van der Waals surface area contributed by atoms with E-state index in [4.69, 9.17) is 21.1 Å². The third kappa shape index (κ3) is 4.99. The number of carbonyl (C=O) groups excluding carboxylic acids is 2. The van der Waals surface area contributed by atoms with Gasteiger partial charge in [-0.25, -0.2) is 0 Å². The number of methoxy groups -OCH3 is 1. The van der Waals surface area contributed by atoms with E-state index in [1.165, 1.54) is 13.2 Å². The molecule has 0 unspecified atom stereocenters. The second kappa shape index (κ2) is 8.75. The van der Waals surface area contributed by atoms with Crippen LogP contribution in [0.5, 0.6) is 11.5 Å². The van der Waals surface area contributed by atoms with Gasteiger partial charge < -0.3 is 9.47 Å². The largest absolute Gasteiger partial charge is 0.493 e. The van der Waals surface area contributed by atoms with Crippen LogP contribution in [0.1, 0.15) is 20.7 Å². The Balaban J connectivity index is 2.01. The number of ether oxygens (including phenoxy) is 2. The molecule has 0 atom stereocenters. The van der Waals surface area contributed by atoms with Crippen molar-refractivity contribution in [3.63, 3.8) is 0 Å². The monoisotopic (exact) mass is 360 g/mol. The average Bonchev–Trinajstić information content (AvgIpc) is 2.64. The van der Waals surface area contributed by atoms with Crippen LogP contribution in [0.4, 0.5) is 0 Å². The van der Waals surface area contributed by atoms with Crippen molar-refractivity contribution in [3.8, 4) is 11.5 Å². The van der Waals surface area contributed by atoms with Gasteiger partial charge in [-0.1, -0.05) is 24.3 Å². The van der Waals surface area contributed by atoms with E-state index in [1.54, 1.807) is 42.5 Å². The Bertz CT molecular complexity index is 775. The molecule has 0 radical (unpaired) electrons. The van der Waals surface area contributed by atoms with Crippen LogP contribution < -0.4 is 20.3 Å². The molecule has 0 aliphatic heterocycles. The van der Waals surface area contributed by atoms with Gasteiger partial charge in [-0.2, -0.15) is 0 Å². The minimum Gasteiger partial charge on any atom is -0.493 e. The van der Waals surface area contributed by atoms with Crippen molar-refractivity contribution >= 4 is 23.4 Å². The van der Waals surface area contributed by atoms with Crippen molar-refractivity contribution in [2.24, 2.45) is 0 Å². The Kier molecular flexibility index (Phi) is 6.42. The third-order valence-corrected chi connectivity index (χ3v) is 3.43. The number of hydrazine groups is 1. The minimum atomic E-state index is -0.490. The molecule has 0 saturated heterocycles. The Morgan fingerprint density at radius 1 is 1.04 bits per heavy atom. The standard InChI is InChI=1S/C18H17ClN2O4/c1-3-10-25-15-9-6-13(11-16(15)24-2)18(23)21-20-17(22)12-4-7-14(19)8-5-12/h3-9,11H,1,10H2,2H3,(H,20,22)(H,21,23). The zero-order valence-electron chi connectivity index (χ0n) is 13.5. The molecule has 2 rings (SSSR count). The van der Waals surface area contributed by atoms with Gasteiger partial charge in [0.05, 0.1) is 7.11 Å². The van der Waals surface area contributed by atoms with Crippen molar-refractivity contribution in [2.75, 3.05) is 13.7 Å². The third-order valence-electron chi connectivity index (χ3n) is 3.18. The first-order chi connectivity index (χ1) is 12.0. The summed E-state index contributed by atoms with van der Waals surface area (Å²) >= 11 is 5.77. The molecule has 0 bridgehead atoms. The second-order valence-electron chi connectivity index (χ2n) is 4.88. The maximum Gasteiger partial charge on any atom is 0.269 e. The van der Waals surface area contributed by atoms with Crippen LogP contribution in [0, 0.1) is 0 Å². The Labute approximate surface area is 150 Å². The fourth-order valence-electron chi connectivity index (χ4n) is 1.94. The predicted molar refractivity (Wildman–Crippen MR) is 95.1 cm³/mol. The zero-order valence-corrected chi connectivity index (χ0v) is 14.3. The summed E-state index contributed by atoms with van der Waals surface area (Å²) in [6.07, 6.45) is 1.60. The van der Waals surface area contributed by atoms with Gasteiger partial charge >= 0.3 is 0 Å². The fraction of sp³-hybridized carbons (Fsp3) is 0.111. The number of hydrogen-bond acceptors (Lipinski definition) is 4. The van der Waals surface area contributed by atoms with E-state index in [-0.39, 0.29) is 0 Å². The Morgan fingerprint density at radius 2 is 1.64 bits per heavy atom. The highest BCUT2D eigenvalue weighted by atomic mass is 35.5. The van der Waals surface area contributed by atoms with Gasteiger partial charge in [0, 0.05) is 16.1 Å². The summed E-state index contributed by atoms with van der Waals surface area (Å²) < 4.78 is 10.6. The molecule has 0 spiro atoms. The lowest BCUT2D eigenvalue weighted by Crippen LogP contribution is -2.41. The zero-order chi connectivity index (χ0) is 18.2. The molecule has 0 saturated carbocycles. The lowest BCUT2D eigenvalue weighted by molar-refractivity contribution is 0.0846. The maximum atomic E-state index is 12.2. The Hall–Kier alpha value is -2.99. The molecule has 0 aliphatic carbocycles. The lowest BCUT2D eigenvalue weighted by atomic mass is 10.2. The molecule has 130 valence electrons. The van der Waals surface area contributed by atoms with E-state index in [0.717, 1.165) is 0 Å². The molecule has 0 aliphatic rings. The first-order valence-corrected chi connectivity index (χ1v) is 7.71. The molecule has 25 heavy (non-hydrogen) atoms. The molecular formula is C18H17ClN2O4. The van der Waals surface area contributed by atoms with E-state index in [9.17, 15) is 9.59 Å². The van der Waals surface area contributed by atoms with Crippen LogP contribution in [-0.2, 0) is 0 Å². The number of carbonyl (C=O) groups is 2. The second-order valence-corrected chi connectivity index (χ2v) is 5.32. The number of amides is 2. The van der Waals surface area contributed by atoms with E-state index in [1.807, 2.05) is 0 Å². The van der Waals surface area contributed by atoms with Gasteiger partial charge in [-0.15, -0.1) is 0 Å². The molecule has 2 amide bonds. The normalized spacial score (nSPS) is 9.84. The summed E-state index contributed by atoms with van der Waals surface area (Å²) in [6.45, 7) is 3.89. The minimum absolute atomic E-state index is 0.305. The number of nitrogens with one attached hydrogen (secondary N) is 2. The van der Waals surface area contributed by atoms with Gasteiger partial charge in [0.1, 0.15) is 6.61 Å². The SMILES string of the molecule is C=CCOc1ccc(C(=O)NNC(=O)c2ccc(Cl)cc2)cc1OC. The van der Waals surface area contributed by atoms with Crippen molar-refractivity contribution in [1.29, 1.82) is 0 Å². The van der Waals surface area contributed by atoms with E-state index in [0.29, 0.717) is 34.3 Å². The highest BCUT2D eigenvalue weighted by Gasteiger charge is 2.12. The van der Waals surface area contributed by atoms with Crippen molar-refractivity contribution in [2.45, 2.75) is 0 Å². The summed E-state index contributed by atoms with van der Waals surface area (Å²) in [5.74, 6) is -0.0542. The smallest absolute Gasteiger partial charge is 0.269 e. The Morgan fingerprint density at radius 3 is 2.24 bits per heavy atom. The molecule has 2 N–H and O–H groups in total. The topological polar surface area (TPSA) is 76.7 Å². The number of halogens is 1. The molecule has 0 heterocycles. The molecular weight excluding hydrogens is 344 g/mol. The maximum absolute atomic E-state index is 12.2. The summed E-state index contributed by atoms with van der Waals surface area (Å²) in [6, 6.07) is 11.0. The van der Waals surface area contributed by atoms with E-state index in [2.05, 4.69) is 17.4 Å². The molecule has 6 nitrogen and oxygen atoms in total. The van der Waals surface area contributed by atoms with Crippen LogP contribution in [0.2, 0.25) is 5.02 Å². The molecule has 2 aromatic rings. The van der Waals surface area contributed by atoms with E-state index >= 15 is 0 Å². The van der Waals surface area contributed by atoms with Crippen molar-refractivity contribution in [3.05, 3.63) is 71.3 Å². The van der Waals surface area contributed by atoms with Crippen molar-refractivity contribution in [1.82, 2.24) is 10.9 Å². The summed E-state index contributed by atoms with van der Waals surface area (Å²) in [5, 5.41) is 0.520. The van der Waals surface area contributed by atoms with Gasteiger partial charge in [-0.3, -0.25) is 20.4 Å². The highest BCUT2D eigenvalue weighted by molar-refractivity contribution is 6.30. The van der Waals surface area contributed by atoms with Crippen LogP contribution >= 0.6 is 11.6 Å². The van der Waals surface area contributed by atoms with Crippen LogP contribution in [0.15, 0.2) is 55.1 Å². The molecule has 2 aromatic carbocycles. The quantitative estimate of drug-likeness (QED) is 0.613. The molecule has 7 heteroatoms. The highest BCUT2D eigenvalue weighted by Crippen LogP contribution is 2.28. The first-order valence-electron chi connectivity index (χ1n) is 7.33. The van der Waals surface area contributed by atoms with Crippen molar-refractivity contribution < 1.29 is 19.1 Å². The lowest BCUT2D eigenvalue weighted by Gasteiger charge is -2.12. The van der Waals surface area contributed by atoms with E-state index < -0.39 is 11.8 Å². The number of benzene rings is 2.